The topological polar surface area (TPSA) is 63.3 Å². The fourth-order valence-electron chi connectivity index (χ4n) is 2.05. The second-order valence-corrected chi connectivity index (χ2v) is 5.08. The Morgan fingerprint density at radius 1 is 1.47 bits per heavy atom. The number of benzene rings is 1. The quantitative estimate of drug-likeness (QED) is 0.929. The molecule has 1 saturated carbocycles. The van der Waals surface area contributed by atoms with Gasteiger partial charge in [0.1, 0.15) is 0 Å². The van der Waals surface area contributed by atoms with Gasteiger partial charge in [-0.05, 0) is 24.5 Å². The first-order chi connectivity index (χ1) is 9.15. The van der Waals surface area contributed by atoms with Crippen molar-refractivity contribution in [1.82, 2.24) is 4.98 Å². The van der Waals surface area contributed by atoms with Crippen molar-refractivity contribution in [2.24, 2.45) is 0 Å². The Morgan fingerprint density at radius 3 is 2.95 bits per heavy atom. The van der Waals surface area contributed by atoms with Crippen LogP contribution in [0, 0.1) is 0 Å². The molecule has 0 saturated heterocycles. The van der Waals surface area contributed by atoms with Gasteiger partial charge in [-0.25, -0.2) is 4.98 Å². The van der Waals surface area contributed by atoms with Gasteiger partial charge in [-0.15, -0.1) is 0 Å². The summed E-state index contributed by atoms with van der Waals surface area (Å²) in [7, 11) is 0. The first kappa shape index (κ1) is 12.2. The maximum absolute atomic E-state index is 10.9. The molecule has 4 nitrogen and oxygen atoms in total. The van der Waals surface area contributed by atoms with Crippen molar-refractivity contribution >= 4 is 17.6 Å². The normalized spacial score (nSPS) is 14.6. The molecule has 1 aromatic heterocycles. The molecule has 0 spiro atoms. The van der Waals surface area contributed by atoms with Crippen LogP contribution in [0.2, 0.25) is 5.02 Å². The van der Waals surface area contributed by atoms with Gasteiger partial charge in [0.2, 0.25) is 0 Å². The Morgan fingerprint density at radius 2 is 2.26 bits per heavy atom. The van der Waals surface area contributed by atoms with Gasteiger partial charge in [0.25, 0.3) is 0 Å². The zero-order chi connectivity index (χ0) is 13.4. The number of rotatable bonds is 4. The lowest BCUT2D eigenvalue weighted by atomic mass is 10.0. The number of carbonyl (C=O) groups is 1. The number of aromatic nitrogens is 1. The highest BCUT2D eigenvalue weighted by Crippen LogP contribution is 2.41. The van der Waals surface area contributed by atoms with Crippen molar-refractivity contribution < 1.29 is 14.3 Å². The zero-order valence-electron chi connectivity index (χ0n) is 10.1. The van der Waals surface area contributed by atoms with Crippen LogP contribution < -0.4 is 0 Å². The molecule has 2 aromatic rings. The van der Waals surface area contributed by atoms with Crippen LogP contribution in [0.1, 0.15) is 30.2 Å². The fourth-order valence-corrected chi connectivity index (χ4v) is 2.29. The van der Waals surface area contributed by atoms with Crippen LogP contribution >= 0.6 is 11.6 Å². The highest BCUT2D eigenvalue weighted by atomic mass is 35.5. The smallest absolute Gasteiger partial charge is 0.307 e. The Hall–Kier alpha value is -1.81. The van der Waals surface area contributed by atoms with E-state index in [4.69, 9.17) is 21.1 Å². The molecular weight excluding hydrogens is 266 g/mol. The number of aliphatic carboxylic acids is 1. The van der Waals surface area contributed by atoms with E-state index in [9.17, 15) is 4.79 Å². The Balaban J connectivity index is 2.02. The fraction of sp³-hybridized carbons (Fsp3) is 0.286. The molecule has 0 radical (unpaired) electrons. The van der Waals surface area contributed by atoms with Gasteiger partial charge in [0, 0.05) is 16.5 Å². The lowest BCUT2D eigenvalue weighted by molar-refractivity contribution is -0.136. The van der Waals surface area contributed by atoms with Crippen molar-refractivity contribution in [3.05, 3.63) is 40.9 Å². The number of hydrogen-bond donors (Lipinski definition) is 1. The third-order valence-corrected chi connectivity index (χ3v) is 3.52. The molecule has 1 heterocycles. The van der Waals surface area contributed by atoms with Crippen molar-refractivity contribution in [2.75, 3.05) is 0 Å². The largest absolute Gasteiger partial charge is 0.481 e. The summed E-state index contributed by atoms with van der Waals surface area (Å²) in [5, 5.41) is 9.40. The molecule has 1 N–H and O–H groups in total. The van der Waals surface area contributed by atoms with E-state index in [0.29, 0.717) is 27.8 Å². The minimum absolute atomic E-state index is 0.130. The summed E-state index contributed by atoms with van der Waals surface area (Å²) in [5.41, 5.74) is 1.27. The maximum Gasteiger partial charge on any atom is 0.307 e. The standard InChI is InChI=1S/C14H12ClNO3/c15-11-3-1-2-9(10(11)6-13(17)18)12-7-16-14(19-12)8-4-5-8/h1-3,7-8H,4-6H2,(H,17,18). The maximum atomic E-state index is 10.9. The first-order valence-corrected chi connectivity index (χ1v) is 6.48. The van der Waals surface area contributed by atoms with E-state index in [0.717, 1.165) is 18.7 Å². The minimum atomic E-state index is -0.920. The molecular formula is C14H12ClNO3. The van der Waals surface area contributed by atoms with Crippen LogP contribution in [0.5, 0.6) is 0 Å². The molecule has 1 aromatic carbocycles. The molecule has 0 aliphatic heterocycles. The van der Waals surface area contributed by atoms with Gasteiger partial charge >= 0.3 is 5.97 Å². The number of oxazole rings is 1. The predicted octanol–water partition coefficient (Wildman–Crippen LogP) is 3.50. The van der Waals surface area contributed by atoms with Crippen LogP contribution in [0.3, 0.4) is 0 Å². The first-order valence-electron chi connectivity index (χ1n) is 6.10. The monoisotopic (exact) mass is 277 g/mol. The van der Waals surface area contributed by atoms with Crippen LogP contribution in [0.15, 0.2) is 28.8 Å². The number of carboxylic acid groups (broad SMARTS) is 1. The molecule has 0 atom stereocenters. The van der Waals surface area contributed by atoms with E-state index in [-0.39, 0.29) is 6.42 Å². The molecule has 5 heteroatoms. The van der Waals surface area contributed by atoms with Gasteiger partial charge in [-0.2, -0.15) is 0 Å². The highest BCUT2D eigenvalue weighted by molar-refractivity contribution is 6.32. The highest BCUT2D eigenvalue weighted by Gasteiger charge is 2.29. The number of carboxylic acids is 1. The van der Waals surface area contributed by atoms with Gasteiger partial charge in [-0.1, -0.05) is 23.7 Å². The van der Waals surface area contributed by atoms with Gasteiger partial charge in [0.05, 0.1) is 12.6 Å². The van der Waals surface area contributed by atoms with Crippen LogP contribution in [-0.4, -0.2) is 16.1 Å². The van der Waals surface area contributed by atoms with Crippen molar-refractivity contribution in [1.29, 1.82) is 0 Å². The molecule has 1 fully saturated rings. The summed E-state index contributed by atoms with van der Waals surface area (Å²) in [5.74, 6) is 0.823. The zero-order valence-corrected chi connectivity index (χ0v) is 10.9. The second kappa shape index (κ2) is 4.70. The molecule has 19 heavy (non-hydrogen) atoms. The lowest BCUT2D eigenvalue weighted by Crippen LogP contribution is -2.02. The molecule has 1 aliphatic carbocycles. The summed E-state index contributed by atoms with van der Waals surface area (Å²) in [6.07, 6.45) is 3.73. The molecule has 0 amide bonds. The molecule has 0 bridgehead atoms. The average Bonchev–Trinajstić information content (AvgIpc) is 3.10. The van der Waals surface area contributed by atoms with Crippen molar-refractivity contribution in [3.8, 4) is 11.3 Å². The average molecular weight is 278 g/mol. The predicted molar refractivity (Wildman–Crippen MR) is 70.3 cm³/mol. The van der Waals surface area contributed by atoms with E-state index < -0.39 is 5.97 Å². The lowest BCUT2D eigenvalue weighted by Gasteiger charge is -2.06. The summed E-state index contributed by atoms with van der Waals surface area (Å²) in [4.78, 5) is 15.2. The van der Waals surface area contributed by atoms with E-state index >= 15 is 0 Å². The summed E-state index contributed by atoms with van der Waals surface area (Å²) in [6.45, 7) is 0. The SMILES string of the molecule is O=C(O)Cc1c(Cl)cccc1-c1cnc(C2CC2)o1. The van der Waals surface area contributed by atoms with Crippen LogP contribution in [0.25, 0.3) is 11.3 Å². The van der Waals surface area contributed by atoms with Crippen molar-refractivity contribution in [2.45, 2.75) is 25.2 Å². The van der Waals surface area contributed by atoms with E-state index in [1.807, 2.05) is 0 Å². The van der Waals surface area contributed by atoms with E-state index in [2.05, 4.69) is 4.98 Å². The summed E-state index contributed by atoms with van der Waals surface area (Å²) >= 11 is 6.08. The molecule has 3 rings (SSSR count). The number of halogens is 1. The molecule has 1 aliphatic rings. The Labute approximate surface area is 115 Å². The van der Waals surface area contributed by atoms with Crippen LogP contribution in [0.4, 0.5) is 0 Å². The number of nitrogens with zero attached hydrogens (tertiary/aromatic N) is 1. The summed E-state index contributed by atoms with van der Waals surface area (Å²) < 4.78 is 5.71. The van der Waals surface area contributed by atoms with E-state index in [1.54, 1.807) is 24.4 Å². The van der Waals surface area contributed by atoms with E-state index in [1.165, 1.54) is 0 Å². The van der Waals surface area contributed by atoms with Crippen LogP contribution in [-0.2, 0) is 11.2 Å². The van der Waals surface area contributed by atoms with Gasteiger partial charge in [0.15, 0.2) is 11.7 Å². The van der Waals surface area contributed by atoms with Crippen molar-refractivity contribution in [3.63, 3.8) is 0 Å². The third kappa shape index (κ3) is 2.49. The summed E-state index contributed by atoms with van der Waals surface area (Å²) in [6, 6.07) is 5.27. The van der Waals surface area contributed by atoms with Gasteiger partial charge in [-0.3, -0.25) is 4.79 Å². The van der Waals surface area contributed by atoms with Gasteiger partial charge < -0.3 is 9.52 Å². The third-order valence-electron chi connectivity index (χ3n) is 3.16. The number of hydrogen-bond acceptors (Lipinski definition) is 3. The Bertz CT molecular complexity index is 631. The minimum Gasteiger partial charge on any atom is -0.481 e. The molecule has 0 unspecified atom stereocenters. The Kier molecular flexibility index (Phi) is 3.03. The second-order valence-electron chi connectivity index (χ2n) is 4.67. The molecule has 98 valence electrons.